The molecule has 0 fully saturated rings. The highest BCUT2D eigenvalue weighted by atomic mass is 16.5. The van der Waals surface area contributed by atoms with Crippen LogP contribution in [0.15, 0.2) is 42.5 Å². The summed E-state index contributed by atoms with van der Waals surface area (Å²) < 4.78 is 15.7. The van der Waals surface area contributed by atoms with E-state index in [1.807, 2.05) is 0 Å². The fraction of sp³-hybridized carbons (Fsp3) is 0.250. The number of carbonyl (C=O) groups excluding carboxylic acids is 3. The van der Waals surface area contributed by atoms with Crippen molar-refractivity contribution >= 4 is 29.2 Å². The molecule has 0 saturated heterocycles. The van der Waals surface area contributed by atoms with Crippen molar-refractivity contribution in [3.8, 4) is 11.5 Å². The lowest BCUT2D eigenvalue weighted by atomic mass is 10.1. The summed E-state index contributed by atoms with van der Waals surface area (Å²) in [5, 5.41) is 2.74. The Morgan fingerprint density at radius 3 is 2.57 bits per heavy atom. The van der Waals surface area contributed by atoms with Gasteiger partial charge in [0.2, 0.25) is 5.91 Å². The highest BCUT2D eigenvalue weighted by Crippen LogP contribution is 2.32. The number of methoxy groups -OCH3 is 2. The zero-order valence-electron chi connectivity index (χ0n) is 15.7. The molecule has 2 aromatic carbocycles. The molecule has 1 aliphatic heterocycles. The number of hydrogen-bond acceptors (Lipinski definition) is 6. The highest BCUT2D eigenvalue weighted by molar-refractivity contribution is 6.10. The van der Waals surface area contributed by atoms with Crippen LogP contribution in [0.4, 0.5) is 11.4 Å². The number of anilines is 2. The summed E-state index contributed by atoms with van der Waals surface area (Å²) in [6, 6.07) is 11.6. The molecule has 2 amide bonds. The summed E-state index contributed by atoms with van der Waals surface area (Å²) in [5.74, 6) is -0.573. The minimum atomic E-state index is -0.892. The first-order valence-electron chi connectivity index (χ1n) is 8.58. The minimum absolute atomic E-state index is 0.0953. The lowest BCUT2D eigenvalue weighted by Crippen LogP contribution is -2.47. The van der Waals surface area contributed by atoms with Crippen molar-refractivity contribution in [2.45, 2.75) is 13.0 Å². The van der Waals surface area contributed by atoms with Crippen LogP contribution in [0, 0.1) is 0 Å². The molecule has 1 N–H and O–H groups in total. The van der Waals surface area contributed by atoms with Gasteiger partial charge in [0.25, 0.3) is 5.91 Å². The standard InChI is InChI=1S/C20H20N2O6/c1-12(28-16-9-8-13(20(25)27-3)10-17(16)26-2)19(24)22-11-18(23)21-14-6-4-5-7-15(14)22/h4-10,12H,11H2,1-3H3,(H,21,23)/t12-/m0/s1. The summed E-state index contributed by atoms with van der Waals surface area (Å²) >= 11 is 0. The van der Waals surface area contributed by atoms with Crippen LogP contribution in [0.25, 0.3) is 0 Å². The molecular formula is C20H20N2O6. The molecule has 146 valence electrons. The molecule has 0 unspecified atom stereocenters. The number of ether oxygens (including phenoxy) is 3. The molecule has 0 radical (unpaired) electrons. The topological polar surface area (TPSA) is 94.2 Å². The maximum Gasteiger partial charge on any atom is 0.337 e. The number of para-hydroxylation sites is 2. The summed E-state index contributed by atoms with van der Waals surface area (Å²) in [5.41, 5.74) is 1.47. The van der Waals surface area contributed by atoms with E-state index in [0.29, 0.717) is 28.4 Å². The quantitative estimate of drug-likeness (QED) is 0.795. The van der Waals surface area contributed by atoms with Gasteiger partial charge in [-0.1, -0.05) is 12.1 Å². The third-order valence-corrected chi connectivity index (χ3v) is 4.27. The molecule has 2 aromatic rings. The average molecular weight is 384 g/mol. The number of fused-ring (bicyclic) bond motifs is 1. The first kappa shape index (κ1) is 19.2. The average Bonchev–Trinajstić information content (AvgIpc) is 2.72. The molecule has 0 spiro atoms. The van der Waals surface area contributed by atoms with Crippen molar-refractivity contribution in [1.29, 1.82) is 0 Å². The fourth-order valence-corrected chi connectivity index (χ4v) is 2.90. The molecule has 0 bridgehead atoms. The van der Waals surface area contributed by atoms with Crippen LogP contribution >= 0.6 is 0 Å². The monoisotopic (exact) mass is 384 g/mol. The second kappa shape index (κ2) is 7.99. The largest absolute Gasteiger partial charge is 0.493 e. The lowest BCUT2D eigenvalue weighted by Gasteiger charge is -2.31. The van der Waals surface area contributed by atoms with Crippen LogP contribution in [-0.2, 0) is 14.3 Å². The molecule has 8 nitrogen and oxygen atoms in total. The predicted octanol–water partition coefficient (Wildman–Crippen LogP) is 2.23. The van der Waals surface area contributed by atoms with E-state index >= 15 is 0 Å². The van der Waals surface area contributed by atoms with Crippen molar-refractivity contribution in [2.24, 2.45) is 0 Å². The third kappa shape index (κ3) is 3.75. The van der Waals surface area contributed by atoms with E-state index in [1.54, 1.807) is 31.2 Å². The maximum absolute atomic E-state index is 12.9. The number of benzene rings is 2. The molecule has 0 aromatic heterocycles. The Labute approximate surface area is 162 Å². The maximum atomic E-state index is 12.9. The van der Waals surface area contributed by atoms with E-state index < -0.39 is 12.1 Å². The molecule has 1 atom stereocenters. The van der Waals surface area contributed by atoms with Crippen molar-refractivity contribution < 1.29 is 28.6 Å². The van der Waals surface area contributed by atoms with Crippen molar-refractivity contribution in [3.05, 3.63) is 48.0 Å². The molecule has 3 rings (SSSR count). The van der Waals surface area contributed by atoms with Crippen LogP contribution < -0.4 is 19.7 Å². The van der Waals surface area contributed by atoms with E-state index in [9.17, 15) is 14.4 Å². The van der Waals surface area contributed by atoms with E-state index in [2.05, 4.69) is 10.1 Å². The van der Waals surface area contributed by atoms with E-state index in [-0.39, 0.29) is 18.4 Å². The summed E-state index contributed by atoms with van der Waals surface area (Å²) in [7, 11) is 2.72. The molecule has 1 heterocycles. The van der Waals surface area contributed by atoms with Gasteiger partial charge >= 0.3 is 5.97 Å². The zero-order chi connectivity index (χ0) is 20.3. The Balaban J connectivity index is 1.82. The summed E-state index contributed by atoms with van der Waals surface area (Å²) in [6.45, 7) is 1.49. The highest BCUT2D eigenvalue weighted by Gasteiger charge is 2.31. The van der Waals surface area contributed by atoms with E-state index in [0.717, 1.165) is 0 Å². The predicted molar refractivity (Wildman–Crippen MR) is 102 cm³/mol. The number of nitrogens with zero attached hydrogens (tertiary/aromatic N) is 1. The second-order valence-electron chi connectivity index (χ2n) is 6.11. The van der Waals surface area contributed by atoms with Gasteiger partial charge in [0.05, 0.1) is 31.2 Å². The Kier molecular flexibility index (Phi) is 5.49. The number of esters is 1. The van der Waals surface area contributed by atoms with Crippen molar-refractivity contribution in [1.82, 2.24) is 0 Å². The van der Waals surface area contributed by atoms with E-state index in [1.165, 1.54) is 37.3 Å². The Hall–Kier alpha value is -3.55. The number of nitrogens with one attached hydrogen (secondary N) is 1. The summed E-state index contributed by atoms with van der Waals surface area (Å²) in [4.78, 5) is 37.9. The first-order chi connectivity index (χ1) is 13.4. The van der Waals surface area contributed by atoms with Crippen LogP contribution in [-0.4, -0.2) is 44.7 Å². The fourth-order valence-electron chi connectivity index (χ4n) is 2.90. The second-order valence-corrected chi connectivity index (χ2v) is 6.11. The molecule has 0 aliphatic carbocycles. The number of carbonyl (C=O) groups is 3. The van der Waals surface area contributed by atoms with Crippen LogP contribution in [0.1, 0.15) is 17.3 Å². The van der Waals surface area contributed by atoms with Gasteiger partial charge in [0, 0.05) is 0 Å². The van der Waals surface area contributed by atoms with Gasteiger partial charge in [-0.25, -0.2) is 4.79 Å². The molecule has 1 aliphatic rings. The van der Waals surface area contributed by atoms with Gasteiger partial charge in [-0.3, -0.25) is 14.5 Å². The molecule has 0 saturated carbocycles. The van der Waals surface area contributed by atoms with Gasteiger partial charge in [-0.2, -0.15) is 0 Å². The Morgan fingerprint density at radius 1 is 1.11 bits per heavy atom. The van der Waals surface area contributed by atoms with Gasteiger partial charge in [0.15, 0.2) is 17.6 Å². The molecule has 28 heavy (non-hydrogen) atoms. The molecular weight excluding hydrogens is 364 g/mol. The van der Waals surface area contributed by atoms with Crippen LogP contribution in [0.5, 0.6) is 11.5 Å². The Bertz CT molecular complexity index is 927. The number of hydrogen-bond donors (Lipinski definition) is 1. The van der Waals surface area contributed by atoms with Crippen LogP contribution in [0.2, 0.25) is 0 Å². The van der Waals surface area contributed by atoms with Crippen LogP contribution in [0.3, 0.4) is 0 Å². The van der Waals surface area contributed by atoms with Gasteiger partial charge in [-0.15, -0.1) is 0 Å². The van der Waals surface area contributed by atoms with Gasteiger partial charge in [0.1, 0.15) is 6.54 Å². The normalized spacial score (nSPS) is 13.8. The van der Waals surface area contributed by atoms with Crippen molar-refractivity contribution in [2.75, 3.05) is 31.0 Å². The molecule has 8 heteroatoms. The minimum Gasteiger partial charge on any atom is -0.493 e. The van der Waals surface area contributed by atoms with Crippen molar-refractivity contribution in [3.63, 3.8) is 0 Å². The van der Waals surface area contributed by atoms with E-state index in [4.69, 9.17) is 9.47 Å². The first-order valence-corrected chi connectivity index (χ1v) is 8.58. The lowest BCUT2D eigenvalue weighted by molar-refractivity contribution is -0.126. The third-order valence-electron chi connectivity index (χ3n) is 4.27. The SMILES string of the molecule is COC(=O)c1ccc(O[C@@H](C)C(=O)N2CC(=O)Nc3ccccc32)c(OC)c1. The zero-order valence-corrected chi connectivity index (χ0v) is 15.7. The van der Waals surface area contributed by atoms with Gasteiger partial charge in [-0.05, 0) is 37.3 Å². The number of amides is 2. The Morgan fingerprint density at radius 2 is 1.86 bits per heavy atom. The van der Waals surface area contributed by atoms with Gasteiger partial charge < -0.3 is 19.5 Å². The summed E-state index contributed by atoms with van der Waals surface area (Å²) in [6.07, 6.45) is -0.892. The number of rotatable bonds is 5. The smallest absolute Gasteiger partial charge is 0.337 e.